The molecule has 0 bridgehead atoms. The zero-order valence-electron chi connectivity index (χ0n) is 7.45. The van der Waals surface area contributed by atoms with Crippen molar-refractivity contribution in [1.29, 1.82) is 0 Å². The van der Waals surface area contributed by atoms with Crippen molar-refractivity contribution in [2.24, 2.45) is 0 Å². The number of aryl methyl sites for hydroxylation is 1. The third-order valence-corrected chi connectivity index (χ3v) is 2.28. The number of aromatic hydroxyl groups is 2. The maximum atomic E-state index is 9.57. The molecule has 0 aliphatic rings. The summed E-state index contributed by atoms with van der Waals surface area (Å²) in [5.74, 6) is 0.114. The van der Waals surface area contributed by atoms with Crippen LogP contribution in [-0.2, 0) is 0 Å². The van der Waals surface area contributed by atoms with E-state index in [-0.39, 0.29) is 11.5 Å². The number of hydrogen-bond donors (Lipinski definition) is 2. The molecule has 14 heavy (non-hydrogen) atoms. The molecule has 2 rings (SSSR count). The van der Waals surface area contributed by atoms with Crippen molar-refractivity contribution in [2.75, 3.05) is 0 Å². The van der Waals surface area contributed by atoms with Crippen molar-refractivity contribution in [3.63, 3.8) is 0 Å². The summed E-state index contributed by atoms with van der Waals surface area (Å²) in [4.78, 5) is 3.95. The van der Waals surface area contributed by atoms with Gasteiger partial charge in [-0.1, -0.05) is 11.6 Å². The van der Waals surface area contributed by atoms with Crippen molar-refractivity contribution < 1.29 is 10.2 Å². The zero-order chi connectivity index (χ0) is 10.3. The summed E-state index contributed by atoms with van der Waals surface area (Å²) in [6.45, 7) is 1.80. The predicted molar refractivity (Wildman–Crippen MR) is 54.8 cm³/mol. The van der Waals surface area contributed by atoms with E-state index in [1.165, 1.54) is 12.1 Å². The van der Waals surface area contributed by atoms with Crippen molar-refractivity contribution in [1.82, 2.24) is 4.98 Å². The Bertz CT molecular complexity index is 511. The van der Waals surface area contributed by atoms with Crippen LogP contribution in [0, 0.1) is 6.92 Å². The molecule has 0 fully saturated rings. The molecule has 0 spiro atoms. The van der Waals surface area contributed by atoms with Crippen molar-refractivity contribution in [3.05, 3.63) is 28.9 Å². The monoisotopic (exact) mass is 209 g/mol. The van der Waals surface area contributed by atoms with Crippen LogP contribution in [0.3, 0.4) is 0 Å². The Morgan fingerprint density at radius 1 is 1.21 bits per heavy atom. The van der Waals surface area contributed by atoms with Gasteiger partial charge in [0.15, 0.2) is 0 Å². The molecule has 3 nitrogen and oxygen atoms in total. The fourth-order valence-corrected chi connectivity index (χ4v) is 1.71. The van der Waals surface area contributed by atoms with Gasteiger partial charge in [-0.2, -0.15) is 0 Å². The predicted octanol–water partition coefficient (Wildman–Crippen LogP) is 2.61. The van der Waals surface area contributed by atoms with E-state index in [1.54, 1.807) is 13.0 Å². The van der Waals surface area contributed by atoms with Gasteiger partial charge in [0.25, 0.3) is 0 Å². The number of benzene rings is 1. The SMILES string of the molecule is Cc1cc(Cl)nc2c(O)ccc(O)c12. The van der Waals surface area contributed by atoms with Crippen LogP contribution in [-0.4, -0.2) is 15.2 Å². The average molecular weight is 210 g/mol. The van der Waals surface area contributed by atoms with Crippen molar-refractivity contribution in [2.45, 2.75) is 6.92 Å². The highest BCUT2D eigenvalue weighted by Crippen LogP contribution is 2.33. The minimum absolute atomic E-state index is 0.0170. The van der Waals surface area contributed by atoms with Gasteiger partial charge in [-0.15, -0.1) is 0 Å². The molecule has 1 aromatic carbocycles. The lowest BCUT2D eigenvalue weighted by Crippen LogP contribution is -1.85. The Hall–Kier alpha value is -1.48. The van der Waals surface area contributed by atoms with Crippen LogP contribution in [0.1, 0.15) is 5.56 Å². The first-order valence-corrected chi connectivity index (χ1v) is 4.45. The van der Waals surface area contributed by atoms with Crippen LogP contribution < -0.4 is 0 Å². The second-order valence-corrected chi connectivity index (χ2v) is 3.48. The van der Waals surface area contributed by atoms with E-state index < -0.39 is 0 Å². The molecule has 0 aliphatic carbocycles. The van der Waals surface area contributed by atoms with Crippen LogP contribution in [0.5, 0.6) is 11.5 Å². The Morgan fingerprint density at radius 3 is 2.57 bits per heavy atom. The number of pyridine rings is 1. The summed E-state index contributed by atoms with van der Waals surface area (Å²) in [6.07, 6.45) is 0. The maximum Gasteiger partial charge on any atom is 0.142 e. The van der Waals surface area contributed by atoms with Gasteiger partial charge in [-0.3, -0.25) is 0 Å². The Kier molecular flexibility index (Phi) is 1.97. The Balaban J connectivity index is 3.00. The van der Waals surface area contributed by atoms with E-state index in [4.69, 9.17) is 11.6 Å². The van der Waals surface area contributed by atoms with Gasteiger partial charge in [0.05, 0.1) is 0 Å². The number of rotatable bonds is 0. The van der Waals surface area contributed by atoms with Crippen LogP contribution in [0.4, 0.5) is 0 Å². The first-order valence-electron chi connectivity index (χ1n) is 4.07. The lowest BCUT2D eigenvalue weighted by Gasteiger charge is -2.05. The molecule has 0 aliphatic heterocycles. The minimum atomic E-state index is 0.0170. The molecule has 1 heterocycles. The van der Waals surface area contributed by atoms with E-state index in [0.717, 1.165) is 5.56 Å². The largest absolute Gasteiger partial charge is 0.507 e. The number of nitrogens with zero attached hydrogens (tertiary/aromatic N) is 1. The molecule has 0 saturated heterocycles. The fraction of sp³-hybridized carbons (Fsp3) is 0.100. The normalized spacial score (nSPS) is 10.7. The minimum Gasteiger partial charge on any atom is -0.507 e. The maximum absolute atomic E-state index is 9.57. The molecule has 1 aromatic heterocycles. The lowest BCUT2D eigenvalue weighted by atomic mass is 10.1. The van der Waals surface area contributed by atoms with Gasteiger partial charge < -0.3 is 10.2 Å². The zero-order valence-corrected chi connectivity index (χ0v) is 8.21. The van der Waals surface area contributed by atoms with Crippen LogP contribution in [0.2, 0.25) is 5.15 Å². The fourth-order valence-electron chi connectivity index (χ4n) is 1.46. The second kappa shape index (κ2) is 3.03. The molecule has 2 N–H and O–H groups in total. The molecule has 4 heteroatoms. The highest BCUT2D eigenvalue weighted by atomic mass is 35.5. The van der Waals surface area contributed by atoms with Gasteiger partial charge in [-0.05, 0) is 30.7 Å². The smallest absolute Gasteiger partial charge is 0.142 e. The Labute approximate surface area is 85.6 Å². The van der Waals surface area contributed by atoms with Gasteiger partial charge in [-0.25, -0.2) is 4.98 Å². The molecule has 0 unspecified atom stereocenters. The van der Waals surface area contributed by atoms with Gasteiger partial charge in [0.1, 0.15) is 22.2 Å². The quantitative estimate of drug-likeness (QED) is 0.518. The first-order chi connectivity index (χ1) is 6.59. The van der Waals surface area contributed by atoms with Crippen LogP contribution in [0.25, 0.3) is 10.9 Å². The molecule has 0 amide bonds. The van der Waals surface area contributed by atoms with Crippen LogP contribution >= 0.6 is 11.6 Å². The summed E-state index contributed by atoms with van der Waals surface area (Å²) in [5, 5.41) is 19.9. The Morgan fingerprint density at radius 2 is 1.86 bits per heavy atom. The number of hydrogen-bond acceptors (Lipinski definition) is 3. The van der Waals surface area contributed by atoms with Crippen molar-refractivity contribution >= 4 is 22.5 Å². The summed E-state index contributed by atoms with van der Waals surface area (Å²) >= 11 is 5.74. The molecule has 0 radical (unpaired) electrons. The summed E-state index contributed by atoms with van der Waals surface area (Å²) < 4.78 is 0. The summed E-state index contributed by atoms with van der Waals surface area (Å²) in [7, 11) is 0. The van der Waals surface area contributed by atoms with E-state index in [9.17, 15) is 10.2 Å². The highest BCUT2D eigenvalue weighted by Gasteiger charge is 2.09. The molecular weight excluding hydrogens is 202 g/mol. The molecule has 2 aromatic rings. The third-order valence-electron chi connectivity index (χ3n) is 2.08. The van der Waals surface area contributed by atoms with Crippen molar-refractivity contribution in [3.8, 4) is 11.5 Å². The summed E-state index contributed by atoms with van der Waals surface area (Å²) in [5.41, 5.74) is 1.11. The number of phenolic OH excluding ortho intramolecular Hbond substituents is 2. The van der Waals surface area contributed by atoms with Gasteiger partial charge >= 0.3 is 0 Å². The van der Waals surface area contributed by atoms with Gasteiger partial charge in [0, 0.05) is 5.39 Å². The van der Waals surface area contributed by atoms with E-state index in [0.29, 0.717) is 16.1 Å². The van der Waals surface area contributed by atoms with Gasteiger partial charge in [0.2, 0.25) is 0 Å². The first kappa shape index (κ1) is 9.09. The molecule has 0 atom stereocenters. The standard InChI is InChI=1S/C10H8ClNO2/c1-5-4-8(11)12-10-7(14)3-2-6(13)9(5)10/h2-4,13-14H,1H3. The number of fused-ring (bicyclic) bond motifs is 1. The molecule has 72 valence electrons. The van der Waals surface area contributed by atoms with Crippen LogP contribution in [0.15, 0.2) is 18.2 Å². The summed E-state index contributed by atoms with van der Waals surface area (Å²) in [6, 6.07) is 4.46. The number of aromatic nitrogens is 1. The topological polar surface area (TPSA) is 53.4 Å². The van der Waals surface area contributed by atoms with E-state index >= 15 is 0 Å². The average Bonchev–Trinajstić information content (AvgIpc) is 2.10. The highest BCUT2D eigenvalue weighted by molar-refractivity contribution is 6.30. The lowest BCUT2D eigenvalue weighted by molar-refractivity contribution is 0.468. The van der Waals surface area contributed by atoms with E-state index in [2.05, 4.69) is 4.98 Å². The number of phenols is 2. The number of halogens is 1. The third kappa shape index (κ3) is 1.26. The molecule has 0 saturated carbocycles. The van der Waals surface area contributed by atoms with E-state index in [1.807, 2.05) is 0 Å². The second-order valence-electron chi connectivity index (χ2n) is 3.09. The molecular formula is C10H8ClNO2.